The summed E-state index contributed by atoms with van der Waals surface area (Å²) >= 11 is 0. The molecule has 1 heteroatoms. The maximum atomic E-state index is 8.29. The number of nitrogens with zero attached hydrogens (tertiary/aromatic N) is 1. The Labute approximate surface area is 67.3 Å². The van der Waals surface area contributed by atoms with Gasteiger partial charge in [-0.2, -0.15) is 5.26 Å². The van der Waals surface area contributed by atoms with Gasteiger partial charge in [0.25, 0.3) is 0 Å². The van der Waals surface area contributed by atoms with Gasteiger partial charge in [0.05, 0.1) is 6.07 Å². The Bertz CT molecular complexity index is 233. The lowest BCUT2D eigenvalue weighted by Crippen LogP contribution is -1.82. The zero-order valence-corrected chi connectivity index (χ0v) is 6.46. The van der Waals surface area contributed by atoms with Crippen LogP contribution in [-0.4, -0.2) is 0 Å². The Hall–Kier alpha value is -1.29. The molecule has 1 aromatic rings. The third-order valence-corrected chi connectivity index (χ3v) is 1.60. The molecule has 0 bridgehead atoms. The minimum Gasteiger partial charge on any atom is -0.198 e. The largest absolute Gasteiger partial charge is 0.198 e. The molecule has 0 fully saturated rings. The van der Waals surface area contributed by atoms with Crippen molar-refractivity contribution in [3.05, 3.63) is 35.9 Å². The number of hydrogen-bond donors (Lipinski definition) is 0. The summed E-state index contributed by atoms with van der Waals surface area (Å²) in [6.45, 7) is 0. The van der Waals surface area contributed by atoms with Crippen LogP contribution in [0.1, 0.15) is 18.4 Å². The number of benzene rings is 1. The van der Waals surface area contributed by atoms with E-state index in [9.17, 15) is 0 Å². The van der Waals surface area contributed by atoms with E-state index in [1.807, 2.05) is 18.2 Å². The zero-order valence-electron chi connectivity index (χ0n) is 6.46. The van der Waals surface area contributed by atoms with Gasteiger partial charge in [0, 0.05) is 6.42 Å². The maximum Gasteiger partial charge on any atom is 0.0621 e. The molecule has 0 aliphatic heterocycles. The lowest BCUT2D eigenvalue weighted by molar-refractivity contribution is 0.850. The Morgan fingerprint density at radius 3 is 2.55 bits per heavy atom. The number of rotatable bonds is 3. The molecule has 1 aromatic carbocycles. The molecule has 0 heterocycles. The van der Waals surface area contributed by atoms with E-state index in [0.717, 1.165) is 12.8 Å². The highest BCUT2D eigenvalue weighted by molar-refractivity contribution is 5.14. The van der Waals surface area contributed by atoms with Crippen molar-refractivity contribution in [2.24, 2.45) is 0 Å². The summed E-state index contributed by atoms with van der Waals surface area (Å²) in [5.74, 6) is 0. The van der Waals surface area contributed by atoms with Crippen LogP contribution in [0.25, 0.3) is 0 Å². The van der Waals surface area contributed by atoms with E-state index in [1.165, 1.54) is 5.56 Å². The summed E-state index contributed by atoms with van der Waals surface area (Å²) < 4.78 is 0. The molecule has 1 rings (SSSR count). The van der Waals surface area contributed by atoms with Gasteiger partial charge in [-0.25, -0.2) is 0 Å². The molecule has 0 saturated carbocycles. The third-order valence-electron chi connectivity index (χ3n) is 1.60. The number of aryl methyl sites for hydroxylation is 1. The number of unbranched alkanes of at least 4 members (excludes halogenated alkanes) is 1. The van der Waals surface area contributed by atoms with Crippen molar-refractivity contribution in [1.82, 2.24) is 0 Å². The molecule has 0 unspecified atom stereocenters. The first-order chi connectivity index (χ1) is 5.43. The summed E-state index contributed by atoms with van der Waals surface area (Å²) in [6, 6.07) is 12.4. The topological polar surface area (TPSA) is 23.8 Å². The standard InChI is InChI=1S/C10H11N/c11-9-5-4-8-10-6-2-1-3-7-10/h1-3,6-7H,4-5,8H2. The first kappa shape index (κ1) is 7.81. The van der Waals surface area contributed by atoms with Crippen LogP contribution in [0, 0.1) is 11.3 Å². The second-order valence-corrected chi connectivity index (χ2v) is 2.50. The van der Waals surface area contributed by atoms with Gasteiger partial charge in [0.2, 0.25) is 0 Å². The van der Waals surface area contributed by atoms with Crippen LogP contribution < -0.4 is 0 Å². The molecule has 0 aliphatic carbocycles. The average Bonchev–Trinajstić information content (AvgIpc) is 2.07. The highest BCUT2D eigenvalue weighted by Crippen LogP contribution is 2.03. The van der Waals surface area contributed by atoms with Crippen molar-refractivity contribution in [2.75, 3.05) is 0 Å². The van der Waals surface area contributed by atoms with Crippen molar-refractivity contribution in [1.29, 1.82) is 5.26 Å². The van der Waals surface area contributed by atoms with Crippen LogP contribution in [0.2, 0.25) is 0 Å². The molecule has 0 aliphatic rings. The molecular weight excluding hydrogens is 134 g/mol. The quantitative estimate of drug-likeness (QED) is 0.599. The lowest BCUT2D eigenvalue weighted by atomic mass is 10.1. The fraction of sp³-hybridized carbons (Fsp3) is 0.300. The summed E-state index contributed by atoms with van der Waals surface area (Å²) in [4.78, 5) is 0. The van der Waals surface area contributed by atoms with Gasteiger partial charge in [0.1, 0.15) is 0 Å². The monoisotopic (exact) mass is 145 g/mol. The highest BCUT2D eigenvalue weighted by Gasteiger charge is 1.89. The van der Waals surface area contributed by atoms with Crippen molar-refractivity contribution >= 4 is 0 Å². The molecular formula is C10H11N. The average molecular weight is 145 g/mol. The van der Waals surface area contributed by atoms with E-state index in [-0.39, 0.29) is 0 Å². The van der Waals surface area contributed by atoms with Gasteiger partial charge >= 0.3 is 0 Å². The van der Waals surface area contributed by atoms with Gasteiger partial charge in [-0.3, -0.25) is 0 Å². The van der Waals surface area contributed by atoms with E-state index >= 15 is 0 Å². The highest BCUT2D eigenvalue weighted by atomic mass is 14.2. The van der Waals surface area contributed by atoms with Crippen LogP contribution in [-0.2, 0) is 6.42 Å². The SMILES string of the molecule is N#CCCCc1ccccc1. The van der Waals surface area contributed by atoms with Crippen molar-refractivity contribution in [3.8, 4) is 6.07 Å². The van der Waals surface area contributed by atoms with Crippen LogP contribution in [0.3, 0.4) is 0 Å². The molecule has 0 radical (unpaired) electrons. The van der Waals surface area contributed by atoms with Gasteiger partial charge in [-0.1, -0.05) is 30.3 Å². The fourth-order valence-electron chi connectivity index (χ4n) is 1.02. The predicted molar refractivity (Wildman–Crippen MR) is 45.0 cm³/mol. The van der Waals surface area contributed by atoms with E-state index in [1.54, 1.807) is 0 Å². The van der Waals surface area contributed by atoms with Crippen molar-refractivity contribution in [2.45, 2.75) is 19.3 Å². The smallest absolute Gasteiger partial charge is 0.0621 e. The summed E-state index contributed by atoms with van der Waals surface area (Å²) in [7, 11) is 0. The summed E-state index contributed by atoms with van der Waals surface area (Å²) in [5.41, 5.74) is 1.32. The molecule has 0 spiro atoms. The summed E-state index contributed by atoms with van der Waals surface area (Å²) in [6.07, 6.45) is 2.66. The molecule has 0 N–H and O–H groups in total. The van der Waals surface area contributed by atoms with Crippen LogP contribution in [0.4, 0.5) is 0 Å². The van der Waals surface area contributed by atoms with E-state index in [2.05, 4.69) is 18.2 Å². The molecule has 1 nitrogen and oxygen atoms in total. The number of hydrogen-bond acceptors (Lipinski definition) is 1. The lowest BCUT2D eigenvalue weighted by Gasteiger charge is -1.95. The Morgan fingerprint density at radius 2 is 1.91 bits per heavy atom. The molecule has 0 atom stereocenters. The number of nitriles is 1. The van der Waals surface area contributed by atoms with Gasteiger partial charge < -0.3 is 0 Å². The molecule has 0 amide bonds. The van der Waals surface area contributed by atoms with Crippen molar-refractivity contribution in [3.63, 3.8) is 0 Å². The second kappa shape index (κ2) is 4.51. The van der Waals surface area contributed by atoms with Crippen LogP contribution in [0.5, 0.6) is 0 Å². The first-order valence-corrected chi connectivity index (χ1v) is 3.84. The second-order valence-electron chi connectivity index (χ2n) is 2.50. The zero-order chi connectivity index (χ0) is 7.94. The Kier molecular flexibility index (Phi) is 3.21. The molecule has 56 valence electrons. The van der Waals surface area contributed by atoms with Gasteiger partial charge in [-0.05, 0) is 18.4 Å². The summed E-state index contributed by atoms with van der Waals surface area (Å²) in [5, 5.41) is 8.29. The fourth-order valence-corrected chi connectivity index (χ4v) is 1.02. The first-order valence-electron chi connectivity index (χ1n) is 3.84. The molecule has 11 heavy (non-hydrogen) atoms. The Morgan fingerprint density at radius 1 is 1.18 bits per heavy atom. The minimum atomic E-state index is 0.662. The molecule has 0 saturated heterocycles. The van der Waals surface area contributed by atoms with E-state index < -0.39 is 0 Å². The van der Waals surface area contributed by atoms with Gasteiger partial charge in [-0.15, -0.1) is 0 Å². The van der Waals surface area contributed by atoms with E-state index in [0.29, 0.717) is 6.42 Å². The normalized spacial score (nSPS) is 9.00. The third kappa shape index (κ3) is 2.86. The molecule has 0 aromatic heterocycles. The van der Waals surface area contributed by atoms with Gasteiger partial charge in [0.15, 0.2) is 0 Å². The van der Waals surface area contributed by atoms with E-state index in [4.69, 9.17) is 5.26 Å². The van der Waals surface area contributed by atoms with Crippen LogP contribution in [0.15, 0.2) is 30.3 Å². The van der Waals surface area contributed by atoms with Crippen LogP contribution >= 0.6 is 0 Å². The predicted octanol–water partition coefficient (Wildman–Crippen LogP) is 2.53. The minimum absolute atomic E-state index is 0.662. The van der Waals surface area contributed by atoms with Crippen molar-refractivity contribution < 1.29 is 0 Å². The Balaban J connectivity index is 2.35. The maximum absolute atomic E-state index is 8.29.